The van der Waals surface area contributed by atoms with Gasteiger partial charge in [0.25, 0.3) is 0 Å². The van der Waals surface area contributed by atoms with Crippen LogP contribution in [0.15, 0.2) is 24.3 Å². The number of nitrogens with two attached hydrogens (primary N) is 1. The number of rotatable bonds is 3. The molecular formula is C14H17F3N2O. The van der Waals surface area contributed by atoms with Crippen molar-refractivity contribution in [1.29, 1.82) is 0 Å². The topological polar surface area (TPSA) is 38.5 Å². The third kappa shape index (κ3) is 2.62. The van der Waals surface area contributed by atoms with Gasteiger partial charge in [0.05, 0.1) is 6.10 Å². The Balaban J connectivity index is 1.50. The van der Waals surface area contributed by atoms with Gasteiger partial charge in [0.2, 0.25) is 0 Å². The number of anilines is 1. The van der Waals surface area contributed by atoms with Crippen LogP contribution in [0.1, 0.15) is 18.4 Å². The third-order valence-electron chi connectivity index (χ3n) is 4.21. The van der Waals surface area contributed by atoms with Gasteiger partial charge in [-0.2, -0.15) is 0 Å². The number of hydrogen-bond donors (Lipinski definition) is 1. The Hall–Kier alpha value is -1.27. The molecule has 2 N–H and O–H groups in total. The third-order valence-corrected chi connectivity index (χ3v) is 4.21. The van der Waals surface area contributed by atoms with Crippen molar-refractivity contribution >= 4 is 5.69 Å². The van der Waals surface area contributed by atoms with Crippen LogP contribution >= 0.6 is 0 Å². The number of alkyl halides is 3. The van der Waals surface area contributed by atoms with Crippen molar-refractivity contribution in [3.63, 3.8) is 0 Å². The van der Waals surface area contributed by atoms with Gasteiger partial charge in [-0.05, 0) is 30.5 Å². The molecule has 1 heterocycles. The van der Waals surface area contributed by atoms with Gasteiger partial charge in [-0.15, -0.1) is 13.2 Å². The smallest absolute Gasteiger partial charge is 0.370 e. The molecule has 0 radical (unpaired) electrons. The van der Waals surface area contributed by atoms with E-state index in [1.807, 2.05) is 24.3 Å². The summed E-state index contributed by atoms with van der Waals surface area (Å²) in [7, 11) is 0. The summed E-state index contributed by atoms with van der Waals surface area (Å²) in [6.45, 7) is 2.14. The molecule has 110 valence electrons. The van der Waals surface area contributed by atoms with Gasteiger partial charge < -0.3 is 10.6 Å². The fourth-order valence-corrected chi connectivity index (χ4v) is 3.23. The first-order chi connectivity index (χ1) is 9.39. The molecule has 2 aliphatic rings. The Morgan fingerprint density at radius 1 is 1.20 bits per heavy atom. The van der Waals surface area contributed by atoms with Crippen molar-refractivity contribution in [2.75, 3.05) is 18.0 Å². The lowest BCUT2D eigenvalue weighted by Gasteiger charge is -2.59. The summed E-state index contributed by atoms with van der Waals surface area (Å²) in [5.41, 5.74) is 7.75. The standard InChI is InChI=1S/C14H17F3N2O/c15-14(16,17)20-12-5-13(6-12)8-19(9-13)11-3-1-10(7-18)2-4-11/h1-4,12H,5-9,18H2. The van der Waals surface area contributed by atoms with Gasteiger partial charge in [-0.25, -0.2) is 0 Å². The van der Waals surface area contributed by atoms with Crippen LogP contribution in [-0.2, 0) is 11.3 Å². The average Bonchev–Trinajstić information content (AvgIpc) is 2.29. The molecule has 1 spiro atoms. The Labute approximate surface area is 115 Å². The number of hydrogen-bond acceptors (Lipinski definition) is 3. The second-order valence-corrected chi connectivity index (χ2v) is 5.82. The summed E-state index contributed by atoms with van der Waals surface area (Å²) in [5, 5.41) is 0. The van der Waals surface area contributed by atoms with Crippen LogP contribution in [0.3, 0.4) is 0 Å². The summed E-state index contributed by atoms with van der Waals surface area (Å²) < 4.78 is 40.3. The van der Waals surface area contributed by atoms with Gasteiger partial charge in [-0.3, -0.25) is 4.74 Å². The maximum absolute atomic E-state index is 12.1. The lowest BCUT2D eigenvalue weighted by atomic mass is 9.61. The Bertz CT molecular complexity index is 472. The number of nitrogens with zero attached hydrogens (tertiary/aromatic N) is 1. The molecule has 3 rings (SSSR count). The van der Waals surface area contributed by atoms with Crippen LogP contribution in [-0.4, -0.2) is 25.6 Å². The Morgan fingerprint density at radius 2 is 1.80 bits per heavy atom. The fourth-order valence-electron chi connectivity index (χ4n) is 3.23. The van der Waals surface area contributed by atoms with E-state index in [0.717, 1.165) is 24.3 Å². The normalized spacial score (nSPS) is 21.7. The van der Waals surface area contributed by atoms with Crippen molar-refractivity contribution in [2.45, 2.75) is 31.9 Å². The minimum Gasteiger partial charge on any atom is -0.370 e. The molecule has 1 aromatic carbocycles. The summed E-state index contributed by atoms with van der Waals surface area (Å²) in [4.78, 5) is 2.18. The molecule has 0 amide bonds. The zero-order chi connectivity index (χ0) is 14.4. The summed E-state index contributed by atoms with van der Waals surface area (Å²) in [6.07, 6.45) is -4.15. The lowest BCUT2D eigenvalue weighted by Crippen LogP contribution is -2.64. The van der Waals surface area contributed by atoms with Gasteiger partial charge in [-0.1, -0.05) is 12.1 Å². The van der Waals surface area contributed by atoms with E-state index in [9.17, 15) is 13.2 Å². The van der Waals surface area contributed by atoms with E-state index in [2.05, 4.69) is 9.64 Å². The highest BCUT2D eigenvalue weighted by atomic mass is 19.4. The highest BCUT2D eigenvalue weighted by molar-refractivity contribution is 5.51. The first kappa shape index (κ1) is 13.7. The van der Waals surface area contributed by atoms with E-state index in [1.54, 1.807) is 0 Å². The Kier molecular flexibility index (Phi) is 3.17. The first-order valence-corrected chi connectivity index (χ1v) is 6.68. The highest BCUT2D eigenvalue weighted by Gasteiger charge is 2.55. The van der Waals surface area contributed by atoms with Crippen molar-refractivity contribution in [3.8, 4) is 0 Å². The molecule has 1 aliphatic heterocycles. The van der Waals surface area contributed by atoms with E-state index < -0.39 is 12.5 Å². The molecule has 3 nitrogen and oxygen atoms in total. The summed E-state index contributed by atoms with van der Waals surface area (Å²) >= 11 is 0. The van der Waals surface area contributed by atoms with Gasteiger partial charge in [0.1, 0.15) is 0 Å². The van der Waals surface area contributed by atoms with Crippen LogP contribution in [0.4, 0.5) is 18.9 Å². The molecule has 1 saturated carbocycles. The fraction of sp³-hybridized carbons (Fsp3) is 0.571. The van der Waals surface area contributed by atoms with Crippen LogP contribution in [0.5, 0.6) is 0 Å². The lowest BCUT2D eigenvalue weighted by molar-refractivity contribution is -0.360. The number of ether oxygens (including phenoxy) is 1. The van der Waals surface area contributed by atoms with E-state index in [1.165, 1.54) is 0 Å². The van der Waals surface area contributed by atoms with Crippen LogP contribution in [0.2, 0.25) is 0 Å². The quantitative estimate of drug-likeness (QED) is 0.928. The van der Waals surface area contributed by atoms with Crippen molar-refractivity contribution in [1.82, 2.24) is 0 Å². The zero-order valence-electron chi connectivity index (χ0n) is 11.0. The van der Waals surface area contributed by atoms with E-state index in [4.69, 9.17) is 5.73 Å². The molecule has 1 aromatic rings. The molecule has 1 aliphatic carbocycles. The second-order valence-electron chi connectivity index (χ2n) is 5.82. The average molecular weight is 286 g/mol. The molecule has 6 heteroatoms. The molecule has 1 saturated heterocycles. The predicted octanol–water partition coefficient (Wildman–Crippen LogP) is 2.65. The van der Waals surface area contributed by atoms with E-state index >= 15 is 0 Å². The molecule has 20 heavy (non-hydrogen) atoms. The van der Waals surface area contributed by atoms with Crippen LogP contribution in [0.25, 0.3) is 0 Å². The van der Waals surface area contributed by atoms with Crippen LogP contribution in [0, 0.1) is 5.41 Å². The molecule has 2 fully saturated rings. The van der Waals surface area contributed by atoms with Crippen molar-refractivity contribution in [2.24, 2.45) is 11.1 Å². The minimum atomic E-state index is -4.51. The minimum absolute atomic E-state index is 0.0302. The first-order valence-electron chi connectivity index (χ1n) is 6.68. The largest absolute Gasteiger partial charge is 0.522 e. The van der Waals surface area contributed by atoms with E-state index in [0.29, 0.717) is 19.4 Å². The maximum Gasteiger partial charge on any atom is 0.522 e. The van der Waals surface area contributed by atoms with Crippen molar-refractivity contribution in [3.05, 3.63) is 29.8 Å². The molecule has 0 aromatic heterocycles. The number of halogens is 3. The monoisotopic (exact) mass is 286 g/mol. The summed E-state index contributed by atoms with van der Waals surface area (Å²) in [6, 6.07) is 7.99. The van der Waals surface area contributed by atoms with Gasteiger partial charge >= 0.3 is 6.36 Å². The van der Waals surface area contributed by atoms with Crippen LogP contribution < -0.4 is 10.6 Å². The van der Waals surface area contributed by atoms with Gasteiger partial charge in [0.15, 0.2) is 0 Å². The SMILES string of the molecule is NCc1ccc(N2CC3(CC(OC(F)(F)F)C3)C2)cc1. The summed E-state index contributed by atoms with van der Waals surface area (Å²) in [5.74, 6) is 0. The van der Waals surface area contributed by atoms with E-state index in [-0.39, 0.29) is 5.41 Å². The van der Waals surface area contributed by atoms with Crippen molar-refractivity contribution < 1.29 is 17.9 Å². The molecule has 0 unspecified atom stereocenters. The zero-order valence-corrected chi connectivity index (χ0v) is 11.0. The molecule has 0 atom stereocenters. The number of benzene rings is 1. The van der Waals surface area contributed by atoms with Gasteiger partial charge in [0, 0.05) is 30.7 Å². The molecular weight excluding hydrogens is 269 g/mol. The highest BCUT2D eigenvalue weighted by Crippen LogP contribution is 2.51. The predicted molar refractivity (Wildman–Crippen MR) is 69.1 cm³/mol. The Morgan fingerprint density at radius 3 is 2.30 bits per heavy atom. The second kappa shape index (κ2) is 4.63. The molecule has 0 bridgehead atoms. The maximum atomic E-state index is 12.1.